The van der Waals surface area contributed by atoms with Gasteiger partial charge in [-0.3, -0.25) is 4.79 Å². The van der Waals surface area contributed by atoms with Crippen molar-refractivity contribution in [3.05, 3.63) is 0 Å². The number of morpholine rings is 1. The molecule has 0 saturated carbocycles. The van der Waals surface area contributed by atoms with Crippen molar-refractivity contribution >= 4 is 11.9 Å². The van der Waals surface area contributed by atoms with Crippen molar-refractivity contribution in [2.75, 3.05) is 13.1 Å². The van der Waals surface area contributed by atoms with Gasteiger partial charge in [0, 0.05) is 13.0 Å². The Labute approximate surface area is 121 Å². The lowest BCUT2D eigenvalue weighted by atomic mass is 9.95. The Hall–Kier alpha value is -1.10. The third-order valence-corrected chi connectivity index (χ3v) is 3.89. The zero-order valence-electron chi connectivity index (χ0n) is 12.8. The van der Waals surface area contributed by atoms with Crippen LogP contribution in [0.5, 0.6) is 0 Å². The molecule has 20 heavy (non-hydrogen) atoms. The van der Waals surface area contributed by atoms with Gasteiger partial charge in [-0.15, -0.1) is 0 Å². The third kappa shape index (κ3) is 5.12. The summed E-state index contributed by atoms with van der Waals surface area (Å²) in [6, 6.07) is 0. The average Bonchev–Trinajstić information content (AvgIpc) is 2.42. The summed E-state index contributed by atoms with van der Waals surface area (Å²) in [7, 11) is 0. The largest absolute Gasteiger partial charge is 0.479 e. The molecule has 5 heteroatoms. The summed E-state index contributed by atoms with van der Waals surface area (Å²) in [5.41, 5.74) is 0. The molecule has 0 aromatic rings. The van der Waals surface area contributed by atoms with Crippen LogP contribution in [-0.4, -0.2) is 47.2 Å². The number of hydrogen-bond donors (Lipinski definition) is 1. The highest BCUT2D eigenvalue weighted by Crippen LogP contribution is 2.20. The lowest BCUT2D eigenvalue weighted by molar-refractivity contribution is -0.166. The highest BCUT2D eigenvalue weighted by Gasteiger charge is 2.32. The van der Waals surface area contributed by atoms with E-state index in [4.69, 9.17) is 9.84 Å². The Balaban J connectivity index is 2.54. The second-order valence-corrected chi connectivity index (χ2v) is 5.69. The lowest BCUT2D eigenvalue weighted by Gasteiger charge is -2.35. The van der Waals surface area contributed by atoms with Crippen molar-refractivity contribution in [1.82, 2.24) is 4.90 Å². The molecule has 116 valence electrons. The minimum absolute atomic E-state index is 0.0642. The first-order chi connectivity index (χ1) is 9.47. The number of carboxylic acid groups (broad SMARTS) is 1. The first-order valence-electron chi connectivity index (χ1n) is 7.63. The van der Waals surface area contributed by atoms with Crippen LogP contribution in [-0.2, 0) is 14.3 Å². The van der Waals surface area contributed by atoms with Gasteiger partial charge in [-0.2, -0.15) is 0 Å². The van der Waals surface area contributed by atoms with E-state index in [1.165, 1.54) is 0 Å². The number of nitrogens with zero attached hydrogens (tertiary/aromatic N) is 1. The van der Waals surface area contributed by atoms with Gasteiger partial charge in [-0.1, -0.05) is 33.1 Å². The summed E-state index contributed by atoms with van der Waals surface area (Å²) in [5.74, 6) is -0.523. The van der Waals surface area contributed by atoms with E-state index >= 15 is 0 Å². The minimum Gasteiger partial charge on any atom is -0.479 e. The number of ether oxygens (including phenoxy) is 1. The topological polar surface area (TPSA) is 66.8 Å². The molecule has 0 radical (unpaired) electrons. The molecule has 0 aromatic heterocycles. The highest BCUT2D eigenvalue weighted by atomic mass is 16.5. The van der Waals surface area contributed by atoms with Gasteiger partial charge >= 0.3 is 5.97 Å². The molecule has 1 amide bonds. The molecular weight excluding hydrogens is 258 g/mol. The standard InChI is InChI=1S/C15H27NO4/c1-4-6-7-12(5-2)8-14(17)16-9-11(3)20-13(10-16)15(18)19/h11-13H,4-10H2,1-3H3,(H,18,19)/t11-,12?,13?/m1/s1. The van der Waals surface area contributed by atoms with Gasteiger partial charge in [0.25, 0.3) is 0 Å². The van der Waals surface area contributed by atoms with Gasteiger partial charge in [0.05, 0.1) is 12.6 Å². The summed E-state index contributed by atoms with van der Waals surface area (Å²) in [6.45, 7) is 6.73. The van der Waals surface area contributed by atoms with E-state index < -0.39 is 12.1 Å². The predicted molar refractivity (Wildman–Crippen MR) is 76.5 cm³/mol. The Morgan fingerprint density at radius 3 is 2.60 bits per heavy atom. The molecule has 0 spiro atoms. The van der Waals surface area contributed by atoms with Gasteiger partial charge in [0.2, 0.25) is 5.91 Å². The molecule has 0 aromatic carbocycles. The quantitative estimate of drug-likeness (QED) is 0.779. The fourth-order valence-electron chi connectivity index (χ4n) is 2.61. The van der Waals surface area contributed by atoms with Crippen LogP contribution in [0.3, 0.4) is 0 Å². The molecule has 1 fully saturated rings. The summed E-state index contributed by atoms with van der Waals surface area (Å²) in [4.78, 5) is 25.0. The van der Waals surface area contributed by atoms with Crippen LogP contribution in [0.25, 0.3) is 0 Å². The number of carbonyl (C=O) groups is 2. The van der Waals surface area contributed by atoms with Gasteiger partial charge in [-0.05, 0) is 19.3 Å². The van der Waals surface area contributed by atoms with Crippen molar-refractivity contribution in [2.24, 2.45) is 5.92 Å². The van der Waals surface area contributed by atoms with Crippen LogP contribution in [0.15, 0.2) is 0 Å². The number of carbonyl (C=O) groups excluding carboxylic acids is 1. The monoisotopic (exact) mass is 285 g/mol. The zero-order chi connectivity index (χ0) is 15.1. The van der Waals surface area contributed by atoms with Crippen LogP contribution in [0.1, 0.15) is 52.9 Å². The van der Waals surface area contributed by atoms with Gasteiger partial charge in [0.1, 0.15) is 0 Å². The molecule has 0 bridgehead atoms. The van der Waals surface area contributed by atoms with Crippen molar-refractivity contribution in [3.8, 4) is 0 Å². The summed E-state index contributed by atoms with van der Waals surface area (Å²) in [6.07, 6.45) is 3.76. The predicted octanol–water partition coefficient (Wildman–Crippen LogP) is 2.29. The van der Waals surface area contributed by atoms with Crippen LogP contribution in [0, 0.1) is 5.92 Å². The maximum atomic E-state index is 12.3. The van der Waals surface area contributed by atoms with Crippen molar-refractivity contribution in [3.63, 3.8) is 0 Å². The lowest BCUT2D eigenvalue weighted by Crippen LogP contribution is -2.52. The van der Waals surface area contributed by atoms with Crippen LogP contribution < -0.4 is 0 Å². The van der Waals surface area contributed by atoms with E-state index in [1.54, 1.807) is 4.90 Å². The maximum Gasteiger partial charge on any atom is 0.334 e. The first-order valence-corrected chi connectivity index (χ1v) is 7.63. The number of amides is 1. The summed E-state index contributed by atoms with van der Waals surface area (Å²) < 4.78 is 5.33. The smallest absolute Gasteiger partial charge is 0.334 e. The molecule has 1 rings (SSSR count). The Morgan fingerprint density at radius 1 is 1.35 bits per heavy atom. The fourth-order valence-corrected chi connectivity index (χ4v) is 2.61. The van der Waals surface area contributed by atoms with Gasteiger partial charge in [-0.25, -0.2) is 4.79 Å². The molecule has 1 N–H and O–H groups in total. The Morgan fingerprint density at radius 2 is 2.05 bits per heavy atom. The van der Waals surface area contributed by atoms with E-state index in [0.717, 1.165) is 25.7 Å². The molecule has 2 unspecified atom stereocenters. The Bertz CT molecular complexity index is 332. The number of hydrogen-bond acceptors (Lipinski definition) is 3. The van der Waals surface area contributed by atoms with Gasteiger partial charge in [0.15, 0.2) is 6.10 Å². The molecular formula is C15H27NO4. The molecule has 1 aliphatic heterocycles. The van der Waals surface area contributed by atoms with E-state index in [-0.39, 0.29) is 18.6 Å². The van der Waals surface area contributed by atoms with Gasteiger partial charge < -0.3 is 14.7 Å². The summed E-state index contributed by atoms with van der Waals surface area (Å²) >= 11 is 0. The molecule has 5 nitrogen and oxygen atoms in total. The molecule has 0 aliphatic carbocycles. The molecule has 1 aliphatic rings. The molecule has 1 heterocycles. The number of aliphatic carboxylic acids is 1. The van der Waals surface area contributed by atoms with Crippen molar-refractivity contribution in [2.45, 2.75) is 65.1 Å². The molecule has 3 atom stereocenters. The number of rotatable bonds is 7. The SMILES string of the molecule is CCCCC(CC)CC(=O)N1CC(C(=O)O)O[C@H](C)C1. The highest BCUT2D eigenvalue weighted by molar-refractivity contribution is 5.79. The second-order valence-electron chi connectivity index (χ2n) is 5.69. The van der Waals surface area contributed by atoms with Crippen molar-refractivity contribution in [1.29, 1.82) is 0 Å². The normalized spacial score (nSPS) is 24.4. The van der Waals surface area contributed by atoms with E-state index in [1.807, 2.05) is 6.92 Å². The fraction of sp³-hybridized carbons (Fsp3) is 0.867. The summed E-state index contributed by atoms with van der Waals surface area (Å²) in [5, 5.41) is 9.04. The van der Waals surface area contributed by atoms with E-state index in [9.17, 15) is 9.59 Å². The number of carboxylic acids is 1. The minimum atomic E-state index is -0.993. The van der Waals surface area contributed by atoms with E-state index in [2.05, 4.69) is 13.8 Å². The van der Waals surface area contributed by atoms with Crippen LogP contribution >= 0.6 is 0 Å². The first kappa shape index (κ1) is 17.0. The number of unbranched alkanes of at least 4 members (excludes halogenated alkanes) is 1. The van der Waals surface area contributed by atoms with E-state index in [0.29, 0.717) is 18.9 Å². The Kier molecular flexibility index (Phi) is 6.99. The van der Waals surface area contributed by atoms with Crippen LogP contribution in [0.4, 0.5) is 0 Å². The average molecular weight is 285 g/mol. The third-order valence-electron chi connectivity index (χ3n) is 3.89. The maximum absolute atomic E-state index is 12.3. The zero-order valence-corrected chi connectivity index (χ0v) is 12.8. The van der Waals surface area contributed by atoms with Crippen molar-refractivity contribution < 1.29 is 19.4 Å². The molecule has 1 saturated heterocycles. The van der Waals surface area contributed by atoms with Crippen LogP contribution in [0.2, 0.25) is 0 Å². The second kappa shape index (κ2) is 8.25.